The van der Waals surface area contributed by atoms with Crippen LogP contribution in [0.1, 0.15) is 46.0 Å². The highest BCUT2D eigenvalue weighted by Gasteiger charge is 2.20. The first-order valence-electron chi connectivity index (χ1n) is 11.8. The number of halogens is 1. The standard InChI is InChI=1S/C24H40N4O3.HI/c1-19(2)31-22-11-9-20(10-12-22)27-24(26-17-21-7-4-14-28(21)3)25-13-6-15-29-18-23-8-5-16-30-23;/h9-12,19,21,23H,4-8,13-18H2,1-3H3,(H2,25,26,27);1H. The Morgan fingerprint density at radius 2 is 2.03 bits per heavy atom. The van der Waals surface area contributed by atoms with Crippen LogP contribution >= 0.6 is 24.0 Å². The van der Waals surface area contributed by atoms with Crippen molar-refractivity contribution in [2.75, 3.05) is 51.8 Å². The number of nitrogens with zero attached hydrogens (tertiary/aromatic N) is 2. The van der Waals surface area contributed by atoms with E-state index in [1.807, 2.05) is 38.1 Å². The van der Waals surface area contributed by atoms with Crippen molar-refractivity contribution in [2.45, 2.75) is 64.2 Å². The van der Waals surface area contributed by atoms with Gasteiger partial charge >= 0.3 is 0 Å². The van der Waals surface area contributed by atoms with Crippen LogP contribution in [0.3, 0.4) is 0 Å². The number of ether oxygens (including phenoxy) is 3. The predicted molar refractivity (Wildman–Crippen MR) is 142 cm³/mol. The minimum Gasteiger partial charge on any atom is -0.491 e. The molecule has 0 amide bonds. The molecular weight excluding hydrogens is 519 g/mol. The molecular formula is C24H41IN4O3. The molecule has 0 aliphatic carbocycles. The molecule has 1 aromatic rings. The average Bonchev–Trinajstić information content (AvgIpc) is 3.41. The molecule has 2 aliphatic heterocycles. The summed E-state index contributed by atoms with van der Waals surface area (Å²) in [6, 6.07) is 8.56. The van der Waals surface area contributed by atoms with E-state index in [2.05, 4.69) is 22.6 Å². The van der Waals surface area contributed by atoms with Crippen LogP contribution in [0.4, 0.5) is 5.69 Å². The fourth-order valence-corrected chi connectivity index (χ4v) is 3.94. The number of likely N-dealkylation sites (N-methyl/N-ethyl adjacent to an activating group) is 1. The Morgan fingerprint density at radius 3 is 2.69 bits per heavy atom. The quantitative estimate of drug-likeness (QED) is 0.184. The molecule has 0 bridgehead atoms. The van der Waals surface area contributed by atoms with Crippen LogP contribution in [0.15, 0.2) is 29.3 Å². The molecule has 182 valence electrons. The Labute approximate surface area is 210 Å². The van der Waals surface area contributed by atoms with Crippen molar-refractivity contribution in [2.24, 2.45) is 4.99 Å². The van der Waals surface area contributed by atoms with Crippen molar-refractivity contribution in [1.29, 1.82) is 0 Å². The second-order valence-corrected chi connectivity index (χ2v) is 8.77. The first-order chi connectivity index (χ1) is 15.1. The number of nitrogens with one attached hydrogen (secondary N) is 2. The van der Waals surface area contributed by atoms with Crippen LogP contribution in [-0.2, 0) is 9.47 Å². The van der Waals surface area contributed by atoms with Crippen molar-refractivity contribution in [1.82, 2.24) is 10.2 Å². The zero-order valence-corrected chi connectivity index (χ0v) is 22.2. The van der Waals surface area contributed by atoms with Gasteiger partial charge in [0.2, 0.25) is 0 Å². The molecule has 2 atom stereocenters. The maximum Gasteiger partial charge on any atom is 0.195 e. The number of hydrogen-bond donors (Lipinski definition) is 2. The monoisotopic (exact) mass is 560 g/mol. The van der Waals surface area contributed by atoms with Crippen LogP contribution < -0.4 is 15.4 Å². The van der Waals surface area contributed by atoms with Gasteiger partial charge in [-0.25, -0.2) is 0 Å². The number of rotatable bonds is 11. The Morgan fingerprint density at radius 1 is 1.22 bits per heavy atom. The molecule has 32 heavy (non-hydrogen) atoms. The minimum atomic E-state index is 0. The molecule has 2 N–H and O–H groups in total. The van der Waals surface area contributed by atoms with Gasteiger partial charge in [-0.3, -0.25) is 4.99 Å². The van der Waals surface area contributed by atoms with Crippen molar-refractivity contribution in [3.8, 4) is 5.75 Å². The molecule has 2 fully saturated rings. The van der Waals surface area contributed by atoms with Gasteiger partial charge in [-0.1, -0.05) is 0 Å². The van der Waals surface area contributed by atoms with E-state index in [1.165, 1.54) is 12.8 Å². The van der Waals surface area contributed by atoms with Gasteiger partial charge in [0, 0.05) is 31.5 Å². The lowest BCUT2D eigenvalue weighted by molar-refractivity contribution is 0.0168. The van der Waals surface area contributed by atoms with Gasteiger partial charge in [-0.2, -0.15) is 0 Å². The van der Waals surface area contributed by atoms with Gasteiger partial charge in [0.25, 0.3) is 0 Å². The third kappa shape index (κ3) is 9.80. The van der Waals surface area contributed by atoms with Gasteiger partial charge in [0.15, 0.2) is 5.96 Å². The van der Waals surface area contributed by atoms with E-state index in [1.54, 1.807) is 0 Å². The molecule has 2 heterocycles. The number of likely N-dealkylation sites (tertiary alicyclic amines) is 1. The topological polar surface area (TPSA) is 67.4 Å². The van der Waals surface area contributed by atoms with E-state index in [-0.39, 0.29) is 36.2 Å². The average molecular weight is 561 g/mol. The number of hydrogen-bond acceptors (Lipinski definition) is 5. The first kappa shape index (κ1) is 27.1. The highest BCUT2D eigenvalue weighted by molar-refractivity contribution is 14.0. The minimum absolute atomic E-state index is 0. The Kier molecular flexibility index (Phi) is 12.7. The number of aliphatic imine (C=N–C) groups is 1. The molecule has 7 nitrogen and oxygen atoms in total. The number of guanidine groups is 1. The van der Waals surface area contributed by atoms with Crippen molar-refractivity contribution in [3.63, 3.8) is 0 Å². The summed E-state index contributed by atoms with van der Waals surface area (Å²) in [4.78, 5) is 7.26. The smallest absolute Gasteiger partial charge is 0.195 e. The lowest BCUT2D eigenvalue weighted by Gasteiger charge is -2.19. The van der Waals surface area contributed by atoms with Gasteiger partial charge < -0.3 is 29.7 Å². The number of anilines is 1. The van der Waals surface area contributed by atoms with E-state index >= 15 is 0 Å². The summed E-state index contributed by atoms with van der Waals surface area (Å²) in [6.07, 6.45) is 6.13. The van der Waals surface area contributed by atoms with E-state index in [0.29, 0.717) is 12.6 Å². The fourth-order valence-electron chi connectivity index (χ4n) is 3.94. The van der Waals surface area contributed by atoms with Crippen molar-refractivity contribution in [3.05, 3.63) is 24.3 Å². The van der Waals surface area contributed by atoms with Crippen molar-refractivity contribution >= 4 is 35.6 Å². The van der Waals surface area contributed by atoms with Crippen molar-refractivity contribution < 1.29 is 14.2 Å². The van der Waals surface area contributed by atoms with Crippen LogP contribution in [0.2, 0.25) is 0 Å². The summed E-state index contributed by atoms with van der Waals surface area (Å²) >= 11 is 0. The van der Waals surface area contributed by atoms with E-state index in [9.17, 15) is 0 Å². The third-order valence-corrected chi connectivity index (χ3v) is 5.71. The normalized spacial score (nSPS) is 21.6. The molecule has 0 aromatic heterocycles. The highest BCUT2D eigenvalue weighted by atomic mass is 127. The Balaban J connectivity index is 0.00000363. The van der Waals surface area contributed by atoms with E-state index in [4.69, 9.17) is 19.2 Å². The second kappa shape index (κ2) is 14.9. The largest absolute Gasteiger partial charge is 0.491 e. The summed E-state index contributed by atoms with van der Waals surface area (Å²) in [7, 11) is 2.19. The van der Waals surface area contributed by atoms with Crippen LogP contribution in [-0.4, -0.2) is 75.6 Å². The molecule has 2 saturated heterocycles. The summed E-state index contributed by atoms with van der Waals surface area (Å²) < 4.78 is 17.1. The zero-order chi connectivity index (χ0) is 21.9. The molecule has 0 saturated carbocycles. The summed E-state index contributed by atoms with van der Waals surface area (Å²) in [6.45, 7) is 9.15. The SMILES string of the molecule is CC(C)Oc1ccc(NC(=NCC2CCCN2C)NCCCOCC2CCCO2)cc1.I. The molecule has 1 aromatic carbocycles. The van der Waals surface area contributed by atoms with Crippen LogP contribution in [0, 0.1) is 0 Å². The lowest BCUT2D eigenvalue weighted by Crippen LogP contribution is -2.34. The van der Waals surface area contributed by atoms with Gasteiger partial charge in [-0.15, -0.1) is 24.0 Å². The van der Waals surface area contributed by atoms with Gasteiger partial charge in [0.1, 0.15) is 5.75 Å². The molecule has 2 unspecified atom stereocenters. The Bertz CT molecular complexity index is 666. The van der Waals surface area contributed by atoms with E-state index < -0.39 is 0 Å². The van der Waals surface area contributed by atoms with Gasteiger partial charge in [0.05, 0.1) is 25.4 Å². The maximum absolute atomic E-state index is 5.77. The zero-order valence-electron chi connectivity index (χ0n) is 19.8. The Hall–Kier alpha value is -1.10. The van der Waals surface area contributed by atoms with E-state index in [0.717, 1.165) is 69.5 Å². The van der Waals surface area contributed by atoms with Gasteiger partial charge in [-0.05, 0) is 83.8 Å². The summed E-state index contributed by atoms with van der Waals surface area (Å²) in [5, 5.41) is 6.90. The summed E-state index contributed by atoms with van der Waals surface area (Å²) in [5.41, 5.74) is 0.997. The van der Waals surface area contributed by atoms with Crippen LogP contribution in [0.5, 0.6) is 5.75 Å². The molecule has 8 heteroatoms. The molecule has 0 spiro atoms. The second-order valence-electron chi connectivity index (χ2n) is 8.77. The first-order valence-corrected chi connectivity index (χ1v) is 11.8. The lowest BCUT2D eigenvalue weighted by atomic mass is 10.2. The fraction of sp³-hybridized carbons (Fsp3) is 0.708. The number of benzene rings is 1. The van der Waals surface area contributed by atoms with Crippen LogP contribution in [0.25, 0.3) is 0 Å². The highest BCUT2D eigenvalue weighted by Crippen LogP contribution is 2.18. The predicted octanol–water partition coefficient (Wildman–Crippen LogP) is 4.13. The molecule has 2 aliphatic rings. The molecule has 3 rings (SSSR count). The summed E-state index contributed by atoms with van der Waals surface area (Å²) in [5.74, 6) is 1.69. The third-order valence-electron chi connectivity index (χ3n) is 5.71. The maximum atomic E-state index is 5.77. The molecule has 0 radical (unpaired) electrons.